The van der Waals surface area contributed by atoms with Crippen molar-refractivity contribution < 1.29 is 14.6 Å². The van der Waals surface area contributed by atoms with E-state index >= 15 is 0 Å². The van der Waals surface area contributed by atoms with E-state index in [1.165, 1.54) is 13.2 Å². The van der Waals surface area contributed by atoms with E-state index in [1.807, 2.05) is 42.8 Å². The molecule has 2 N–H and O–H groups in total. The molecule has 0 bridgehead atoms. The third kappa shape index (κ3) is 4.11. The summed E-state index contributed by atoms with van der Waals surface area (Å²) < 4.78 is 7.04. The molecule has 0 radical (unpaired) electrons. The van der Waals surface area contributed by atoms with Crippen LogP contribution in [0.25, 0.3) is 5.69 Å². The molecule has 3 rings (SSSR count). The molecule has 0 aliphatic rings. The maximum atomic E-state index is 11.8. The molecule has 0 saturated heterocycles. The Bertz CT molecular complexity index is 1040. The highest BCUT2D eigenvalue weighted by molar-refractivity contribution is 5.95. The van der Waals surface area contributed by atoms with Crippen LogP contribution >= 0.6 is 0 Å². The molecule has 3 aromatic rings. The highest BCUT2D eigenvalue weighted by atomic mass is 16.5. The molecule has 0 atom stereocenters. The van der Waals surface area contributed by atoms with Crippen LogP contribution in [0.1, 0.15) is 48.0 Å². The molecule has 0 fully saturated rings. The number of methoxy groups -OCH3 is 1. The van der Waals surface area contributed by atoms with E-state index < -0.39 is 5.97 Å². The number of ether oxygens (including phenoxy) is 1. The number of aromatic nitrogens is 2. The summed E-state index contributed by atoms with van der Waals surface area (Å²) in [6, 6.07) is 13.0. The zero-order chi connectivity index (χ0) is 21.3. The van der Waals surface area contributed by atoms with Crippen LogP contribution in [-0.4, -0.2) is 28.0 Å². The van der Waals surface area contributed by atoms with Crippen LogP contribution in [0.5, 0.6) is 5.75 Å². The highest BCUT2D eigenvalue weighted by Gasteiger charge is 2.23. The van der Waals surface area contributed by atoms with E-state index in [-0.39, 0.29) is 11.0 Å². The van der Waals surface area contributed by atoms with Crippen molar-refractivity contribution in [2.45, 2.75) is 40.0 Å². The Hall–Kier alpha value is -3.28. The molecule has 1 heterocycles. The van der Waals surface area contributed by atoms with Gasteiger partial charge in [-0.15, -0.1) is 0 Å². The first-order valence-corrected chi connectivity index (χ1v) is 9.47. The van der Waals surface area contributed by atoms with Crippen molar-refractivity contribution in [3.63, 3.8) is 0 Å². The number of rotatable bonds is 5. The van der Waals surface area contributed by atoms with Gasteiger partial charge in [0, 0.05) is 11.5 Å². The summed E-state index contributed by atoms with van der Waals surface area (Å²) in [6.45, 7) is 10.4. The quantitative estimate of drug-likeness (QED) is 0.620. The van der Waals surface area contributed by atoms with E-state index in [2.05, 4.69) is 26.1 Å². The number of carbonyl (C=O) groups is 1. The topological polar surface area (TPSA) is 76.4 Å². The van der Waals surface area contributed by atoms with Crippen LogP contribution < -0.4 is 10.1 Å². The van der Waals surface area contributed by atoms with Gasteiger partial charge in [-0.25, -0.2) is 9.48 Å². The second kappa shape index (κ2) is 7.62. The molecule has 6 heteroatoms. The molecule has 2 aromatic carbocycles. The molecular weight excluding hydrogens is 366 g/mol. The number of anilines is 2. The fraction of sp³-hybridized carbons (Fsp3) is 0.304. The predicted octanol–water partition coefficient (Wildman–Crippen LogP) is 5.24. The molecule has 0 amide bonds. The minimum atomic E-state index is -1.03. The Kier molecular flexibility index (Phi) is 5.38. The maximum Gasteiger partial charge on any atom is 0.337 e. The Morgan fingerprint density at radius 1 is 1.10 bits per heavy atom. The van der Waals surface area contributed by atoms with Gasteiger partial charge in [-0.1, -0.05) is 39.0 Å². The fourth-order valence-electron chi connectivity index (χ4n) is 3.22. The molecule has 29 heavy (non-hydrogen) atoms. The molecule has 0 saturated carbocycles. The Morgan fingerprint density at radius 2 is 1.76 bits per heavy atom. The minimum absolute atomic E-state index is 0.135. The predicted molar refractivity (Wildman–Crippen MR) is 115 cm³/mol. The number of carboxylic acids is 1. The lowest BCUT2D eigenvalue weighted by molar-refractivity contribution is 0.0697. The third-order valence-electron chi connectivity index (χ3n) is 4.85. The van der Waals surface area contributed by atoms with Gasteiger partial charge in [0.2, 0.25) is 0 Å². The van der Waals surface area contributed by atoms with Crippen LogP contribution in [0.15, 0.2) is 42.5 Å². The first-order chi connectivity index (χ1) is 13.6. The minimum Gasteiger partial charge on any atom is -0.497 e. The van der Waals surface area contributed by atoms with Crippen molar-refractivity contribution in [1.29, 1.82) is 0 Å². The van der Waals surface area contributed by atoms with E-state index in [0.717, 1.165) is 22.5 Å². The van der Waals surface area contributed by atoms with Gasteiger partial charge in [0.05, 0.1) is 29.7 Å². The van der Waals surface area contributed by atoms with Crippen molar-refractivity contribution in [2.24, 2.45) is 0 Å². The first-order valence-electron chi connectivity index (χ1n) is 9.47. The molecule has 0 spiro atoms. The molecular formula is C23H27N3O3. The zero-order valence-corrected chi connectivity index (χ0v) is 17.7. The van der Waals surface area contributed by atoms with E-state index in [1.54, 1.807) is 12.1 Å². The van der Waals surface area contributed by atoms with Gasteiger partial charge in [0.25, 0.3) is 0 Å². The fourth-order valence-corrected chi connectivity index (χ4v) is 3.22. The van der Waals surface area contributed by atoms with Gasteiger partial charge >= 0.3 is 5.97 Å². The normalized spacial score (nSPS) is 11.4. The van der Waals surface area contributed by atoms with E-state index in [0.29, 0.717) is 17.3 Å². The molecule has 0 unspecified atom stereocenters. The number of nitrogens with zero attached hydrogens (tertiary/aromatic N) is 2. The van der Waals surface area contributed by atoms with Gasteiger partial charge in [0.1, 0.15) is 11.6 Å². The summed E-state index contributed by atoms with van der Waals surface area (Å²) in [5.74, 6) is 0.173. The number of aryl methyl sites for hydroxylation is 2. The average molecular weight is 393 g/mol. The lowest BCUT2D eigenvalue weighted by Gasteiger charge is -2.16. The van der Waals surface area contributed by atoms with Crippen LogP contribution in [0.4, 0.5) is 11.5 Å². The molecule has 0 aliphatic carbocycles. The molecule has 6 nitrogen and oxygen atoms in total. The second-order valence-electron chi connectivity index (χ2n) is 8.16. The smallest absolute Gasteiger partial charge is 0.337 e. The lowest BCUT2D eigenvalue weighted by atomic mass is 9.92. The van der Waals surface area contributed by atoms with Crippen LogP contribution in [0.2, 0.25) is 0 Å². The highest BCUT2D eigenvalue weighted by Crippen LogP contribution is 2.32. The number of para-hydroxylation sites is 1. The Balaban J connectivity index is 2.18. The SMILES string of the molecule is COc1ccc(Nc2cc(C(C)(C)C)nn2-c2c(C)cccc2C)c(C(=O)O)c1. The van der Waals surface area contributed by atoms with E-state index in [9.17, 15) is 9.90 Å². The van der Waals surface area contributed by atoms with Gasteiger partial charge in [-0.3, -0.25) is 0 Å². The lowest BCUT2D eigenvalue weighted by Crippen LogP contribution is -2.13. The van der Waals surface area contributed by atoms with Crippen molar-refractivity contribution in [3.8, 4) is 11.4 Å². The van der Waals surface area contributed by atoms with Crippen molar-refractivity contribution >= 4 is 17.5 Å². The van der Waals surface area contributed by atoms with Crippen LogP contribution in [0.3, 0.4) is 0 Å². The van der Waals surface area contributed by atoms with Crippen molar-refractivity contribution in [1.82, 2.24) is 9.78 Å². The largest absolute Gasteiger partial charge is 0.497 e. The number of benzene rings is 2. The summed E-state index contributed by atoms with van der Waals surface area (Å²) in [5, 5.41) is 17.8. The summed E-state index contributed by atoms with van der Waals surface area (Å²) in [5.41, 5.74) is 4.52. The van der Waals surface area contributed by atoms with E-state index in [4.69, 9.17) is 9.84 Å². The first kappa shape index (κ1) is 20.5. The summed E-state index contributed by atoms with van der Waals surface area (Å²) >= 11 is 0. The zero-order valence-electron chi connectivity index (χ0n) is 17.7. The van der Waals surface area contributed by atoms with Crippen molar-refractivity contribution in [3.05, 3.63) is 64.8 Å². The summed E-state index contributed by atoms with van der Waals surface area (Å²) in [7, 11) is 1.51. The standard InChI is InChI=1S/C23H27N3O3/c1-14-8-7-9-15(2)21(14)26-20(13-19(25-26)23(3,4)5)24-18-11-10-16(29-6)12-17(18)22(27)28/h7-13,24H,1-6H3,(H,27,28). The Labute approximate surface area is 171 Å². The summed E-state index contributed by atoms with van der Waals surface area (Å²) in [4.78, 5) is 11.8. The average Bonchev–Trinajstić information content (AvgIpc) is 3.05. The molecule has 0 aliphatic heterocycles. The Morgan fingerprint density at radius 3 is 2.31 bits per heavy atom. The van der Waals surface area contributed by atoms with Gasteiger partial charge in [-0.05, 0) is 43.2 Å². The third-order valence-corrected chi connectivity index (χ3v) is 4.85. The van der Waals surface area contributed by atoms with Crippen molar-refractivity contribution in [2.75, 3.05) is 12.4 Å². The number of hydrogen-bond acceptors (Lipinski definition) is 4. The maximum absolute atomic E-state index is 11.8. The second-order valence-corrected chi connectivity index (χ2v) is 8.16. The van der Waals surface area contributed by atoms with Crippen LogP contribution in [0, 0.1) is 13.8 Å². The van der Waals surface area contributed by atoms with Crippen LogP contribution in [-0.2, 0) is 5.41 Å². The van der Waals surface area contributed by atoms with Gasteiger partial charge < -0.3 is 15.2 Å². The summed E-state index contributed by atoms with van der Waals surface area (Å²) in [6.07, 6.45) is 0. The number of aromatic carboxylic acids is 1. The molecule has 152 valence electrons. The molecule has 1 aromatic heterocycles. The van der Waals surface area contributed by atoms with Gasteiger partial charge in [0.15, 0.2) is 0 Å². The van der Waals surface area contributed by atoms with Gasteiger partial charge in [-0.2, -0.15) is 5.10 Å². The number of nitrogens with one attached hydrogen (secondary N) is 1. The number of carboxylic acid groups (broad SMARTS) is 1. The monoisotopic (exact) mass is 393 g/mol. The number of hydrogen-bond donors (Lipinski definition) is 2.